The van der Waals surface area contributed by atoms with Gasteiger partial charge in [0.15, 0.2) is 5.69 Å². The van der Waals surface area contributed by atoms with Gasteiger partial charge in [0.05, 0.1) is 12.8 Å². The number of hydrogen-bond donors (Lipinski definition) is 2. The van der Waals surface area contributed by atoms with E-state index in [9.17, 15) is 4.79 Å². The Morgan fingerprint density at radius 2 is 2.42 bits per heavy atom. The molecule has 0 fully saturated rings. The molecule has 3 N–H and O–H groups in total. The molecule has 0 atom stereocenters. The molecular weight excluding hydrogens is 244 g/mol. The number of hydrogen-bond acceptors (Lipinski definition) is 5. The fraction of sp³-hybridized carbons (Fsp3) is 0.154. The summed E-state index contributed by atoms with van der Waals surface area (Å²) in [5, 5.41) is 6.99. The number of fused-ring (bicyclic) bond motifs is 1. The van der Waals surface area contributed by atoms with Crippen LogP contribution in [0.1, 0.15) is 23.0 Å². The number of esters is 1. The van der Waals surface area contributed by atoms with E-state index in [1.165, 1.54) is 12.3 Å². The van der Waals surface area contributed by atoms with Gasteiger partial charge in [-0.15, -0.1) is 0 Å². The zero-order valence-electron chi connectivity index (χ0n) is 10.5. The quantitative estimate of drug-likeness (QED) is 0.641. The molecule has 0 unspecified atom stereocenters. The van der Waals surface area contributed by atoms with Gasteiger partial charge in [0.25, 0.3) is 0 Å². The number of imidazole rings is 1. The van der Waals surface area contributed by atoms with Crippen molar-refractivity contribution < 1.29 is 9.53 Å². The van der Waals surface area contributed by atoms with Crippen molar-refractivity contribution in [1.82, 2.24) is 9.38 Å². The number of nitrogens with zero attached hydrogens (tertiary/aromatic N) is 2. The Hall–Kier alpha value is -2.63. The number of aromatic nitrogens is 2. The molecule has 6 heteroatoms. The molecule has 6 nitrogen and oxygen atoms in total. The van der Waals surface area contributed by atoms with Crippen LogP contribution >= 0.6 is 0 Å². The van der Waals surface area contributed by atoms with Crippen LogP contribution < -0.4 is 5.73 Å². The topological polar surface area (TPSA) is 93.5 Å². The molecule has 2 aromatic heterocycles. The third-order valence-electron chi connectivity index (χ3n) is 2.59. The molecule has 0 saturated carbocycles. The summed E-state index contributed by atoms with van der Waals surface area (Å²) >= 11 is 0. The van der Waals surface area contributed by atoms with Crippen LogP contribution in [0.2, 0.25) is 0 Å². The zero-order chi connectivity index (χ0) is 13.8. The minimum atomic E-state index is -0.411. The van der Waals surface area contributed by atoms with Crippen LogP contribution in [0.15, 0.2) is 30.6 Å². The smallest absolute Gasteiger partial charge is 0.356 e. The van der Waals surface area contributed by atoms with Gasteiger partial charge in [0.2, 0.25) is 0 Å². The first-order valence-corrected chi connectivity index (χ1v) is 5.78. The Bertz CT molecular complexity index is 658. The van der Waals surface area contributed by atoms with E-state index in [0.717, 1.165) is 11.8 Å². The molecule has 0 aliphatic heterocycles. The molecule has 0 amide bonds. The summed E-state index contributed by atoms with van der Waals surface area (Å²) in [6.45, 7) is 2.07. The van der Waals surface area contributed by atoms with E-state index in [4.69, 9.17) is 15.9 Å². The van der Waals surface area contributed by atoms with Crippen LogP contribution in [0.3, 0.4) is 0 Å². The summed E-state index contributed by atoms with van der Waals surface area (Å²) < 4.78 is 6.58. The number of nitrogens with one attached hydrogen (secondary N) is 1. The highest BCUT2D eigenvalue weighted by atomic mass is 16.5. The van der Waals surface area contributed by atoms with E-state index in [1.54, 1.807) is 29.7 Å². The summed E-state index contributed by atoms with van der Waals surface area (Å²) in [5.41, 5.74) is 7.98. The highest BCUT2D eigenvalue weighted by molar-refractivity contribution is 5.89. The number of carbonyl (C=O) groups is 1. The molecular formula is C13H14N4O2. The Morgan fingerprint density at radius 3 is 3.11 bits per heavy atom. The van der Waals surface area contributed by atoms with E-state index in [-0.39, 0.29) is 0 Å². The van der Waals surface area contributed by atoms with Gasteiger partial charge in [-0.25, -0.2) is 9.78 Å². The SMILES string of the molecule is CCOC(=O)c1cnc2cc(C(N)=CC=N)ccn12. The van der Waals surface area contributed by atoms with Gasteiger partial charge in [-0.2, -0.15) is 0 Å². The number of allylic oxidation sites excluding steroid dienone is 1. The van der Waals surface area contributed by atoms with Crippen LogP contribution in [-0.2, 0) is 4.74 Å². The van der Waals surface area contributed by atoms with Crippen molar-refractivity contribution in [1.29, 1.82) is 5.41 Å². The predicted octanol–water partition coefficient (Wildman–Crippen LogP) is 1.46. The van der Waals surface area contributed by atoms with Gasteiger partial charge in [-0.05, 0) is 25.1 Å². The molecule has 0 aliphatic rings. The summed E-state index contributed by atoms with van der Waals surface area (Å²) in [6.07, 6.45) is 5.78. The average molecular weight is 258 g/mol. The standard InChI is InChI=1S/C13H14N4O2/c1-2-19-13(18)11-8-16-12-7-9(4-6-17(11)12)10(15)3-5-14/h3-8,14H,2,15H2,1H3. The van der Waals surface area contributed by atoms with Crippen LogP contribution in [0, 0.1) is 5.41 Å². The van der Waals surface area contributed by atoms with E-state index < -0.39 is 5.97 Å². The van der Waals surface area contributed by atoms with Crippen LogP contribution in [0.4, 0.5) is 0 Å². The highest BCUT2D eigenvalue weighted by Crippen LogP contribution is 2.14. The van der Waals surface area contributed by atoms with Gasteiger partial charge < -0.3 is 15.9 Å². The average Bonchev–Trinajstić information content (AvgIpc) is 2.82. The Balaban J connectivity index is 2.45. The molecule has 2 aromatic rings. The van der Waals surface area contributed by atoms with Crippen molar-refractivity contribution in [2.45, 2.75) is 6.92 Å². The molecule has 0 saturated heterocycles. The van der Waals surface area contributed by atoms with Crippen molar-refractivity contribution >= 4 is 23.5 Å². The third-order valence-corrected chi connectivity index (χ3v) is 2.59. The molecule has 2 rings (SSSR count). The lowest BCUT2D eigenvalue weighted by Gasteiger charge is -2.04. The maximum Gasteiger partial charge on any atom is 0.356 e. The summed E-state index contributed by atoms with van der Waals surface area (Å²) in [4.78, 5) is 15.8. The van der Waals surface area contributed by atoms with Gasteiger partial charge in [-0.3, -0.25) is 4.40 Å². The second-order valence-corrected chi connectivity index (χ2v) is 3.80. The fourth-order valence-electron chi connectivity index (χ4n) is 1.70. The van der Waals surface area contributed by atoms with E-state index in [0.29, 0.717) is 23.6 Å². The number of ether oxygens (including phenoxy) is 1. The lowest BCUT2D eigenvalue weighted by molar-refractivity contribution is 0.0518. The van der Waals surface area contributed by atoms with Gasteiger partial charge in [-0.1, -0.05) is 0 Å². The van der Waals surface area contributed by atoms with Crippen LogP contribution in [0.5, 0.6) is 0 Å². The second kappa shape index (κ2) is 5.34. The van der Waals surface area contributed by atoms with Gasteiger partial charge in [0.1, 0.15) is 5.65 Å². The first-order chi connectivity index (χ1) is 9.17. The van der Waals surface area contributed by atoms with Crippen molar-refractivity contribution in [3.05, 3.63) is 41.9 Å². The largest absolute Gasteiger partial charge is 0.461 e. The van der Waals surface area contributed by atoms with Crippen molar-refractivity contribution in [3.8, 4) is 0 Å². The number of nitrogens with two attached hydrogens (primary N) is 1. The number of rotatable bonds is 4. The lowest BCUT2D eigenvalue weighted by Crippen LogP contribution is -2.08. The first-order valence-electron chi connectivity index (χ1n) is 5.78. The maximum atomic E-state index is 11.7. The summed E-state index contributed by atoms with van der Waals surface area (Å²) in [5.74, 6) is -0.411. The van der Waals surface area contributed by atoms with Crippen LogP contribution in [-0.4, -0.2) is 28.2 Å². The molecule has 0 aliphatic carbocycles. The van der Waals surface area contributed by atoms with E-state index in [1.807, 2.05) is 0 Å². The Labute approximate surface area is 110 Å². The van der Waals surface area contributed by atoms with E-state index >= 15 is 0 Å². The minimum Gasteiger partial charge on any atom is -0.461 e. The Kier molecular flexibility index (Phi) is 3.61. The molecule has 0 aromatic carbocycles. The summed E-state index contributed by atoms with van der Waals surface area (Å²) in [7, 11) is 0. The first kappa shape index (κ1) is 12.8. The molecule has 2 heterocycles. The fourth-order valence-corrected chi connectivity index (χ4v) is 1.70. The lowest BCUT2D eigenvalue weighted by atomic mass is 10.2. The normalized spacial score (nSPS) is 11.5. The van der Waals surface area contributed by atoms with Crippen molar-refractivity contribution in [3.63, 3.8) is 0 Å². The number of pyridine rings is 1. The van der Waals surface area contributed by atoms with Gasteiger partial charge >= 0.3 is 5.97 Å². The van der Waals surface area contributed by atoms with Crippen molar-refractivity contribution in [2.24, 2.45) is 5.73 Å². The molecule has 98 valence electrons. The second-order valence-electron chi connectivity index (χ2n) is 3.80. The van der Waals surface area contributed by atoms with Crippen molar-refractivity contribution in [2.75, 3.05) is 6.61 Å². The van der Waals surface area contributed by atoms with Gasteiger partial charge in [0, 0.05) is 23.7 Å². The maximum absolute atomic E-state index is 11.7. The minimum absolute atomic E-state index is 0.319. The van der Waals surface area contributed by atoms with Crippen LogP contribution in [0.25, 0.3) is 11.3 Å². The highest BCUT2D eigenvalue weighted by Gasteiger charge is 2.13. The van der Waals surface area contributed by atoms with E-state index in [2.05, 4.69) is 4.98 Å². The monoisotopic (exact) mass is 258 g/mol. The number of carbonyl (C=O) groups excluding carboxylic acids is 1. The Morgan fingerprint density at radius 1 is 1.63 bits per heavy atom. The predicted molar refractivity (Wildman–Crippen MR) is 72.1 cm³/mol. The molecule has 19 heavy (non-hydrogen) atoms. The third kappa shape index (κ3) is 2.47. The molecule has 0 spiro atoms. The molecule has 0 radical (unpaired) electrons. The summed E-state index contributed by atoms with van der Waals surface area (Å²) in [6, 6.07) is 3.50. The zero-order valence-corrected chi connectivity index (χ0v) is 10.5. The molecule has 0 bridgehead atoms.